The molecule has 1 aliphatic rings. The molecule has 5 heteroatoms. The topological polar surface area (TPSA) is 69.6 Å². The molecule has 108 valence electrons. The van der Waals surface area contributed by atoms with Crippen LogP contribution in [0.25, 0.3) is 0 Å². The number of amides is 2. The van der Waals surface area contributed by atoms with E-state index in [0.717, 1.165) is 0 Å². The molecule has 0 bridgehead atoms. The van der Waals surface area contributed by atoms with Gasteiger partial charge in [0.2, 0.25) is 0 Å². The SMILES string of the molecule is CC(C1CC1)N(C)C(=O)Nc1ccccc1CC(=O)O. The molecule has 5 nitrogen and oxygen atoms in total. The number of carboxylic acid groups (broad SMARTS) is 1. The van der Waals surface area contributed by atoms with Crippen LogP contribution in [-0.4, -0.2) is 35.1 Å². The average Bonchev–Trinajstić information content (AvgIpc) is 3.23. The lowest BCUT2D eigenvalue weighted by molar-refractivity contribution is -0.136. The second kappa shape index (κ2) is 5.94. The molecule has 0 spiro atoms. The van der Waals surface area contributed by atoms with E-state index in [9.17, 15) is 9.59 Å². The van der Waals surface area contributed by atoms with Crippen LogP contribution in [0.2, 0.25) is 0 Å². The number of carbonyl (C=O) groups is 2. The Bertz CT molecular complexity index is 512. The number of urea groups is 1. The number of anilines is 1. The quantitative estimate of drug-likeness (QED) is 0.868. The van der Waals surface area contributed by atoms with Crippen LogP contribution in [-0.2, 0) is 11.2 Å². The fourth-order valence-corrected chi connectivity index (χ4v) is 2.24. The summed E-state index contributed by atoms with van der Waals surface area (Å²) < 4.78 is 0. The Balaban J connectivity index is 2.05. The first-order chi connectivity index (χ1) is 9.49. The number of aliphatic carboxylic acids is 1. The number of carbonyl (C=O) groups excluding carboxylic acids is 1. The van der Waals surface area contributed by atoms with Gasteiger partial charge in [0.25, 0.3) is 0 Å². The van der Waals surface area contributed by atoms with Gasteiger partial charge in [-0.25, -0.2) is 4.79 Å². The minimum Gasteiger partial charge on any atom is -0.481 e. The van der Waals surface area contributed by atoms with Crippen molar-refractivity contribution < 1.29 is 14.7 Å². The molecular formula is C15H20N2O3. The first-order valence-electron chi connectivity index (χ1n) is 6.82. The van der Waals surface area contributed by atoms with Crippen LogP contribution in [0.4, 0.5) is 10.5 Å². The van der Waals surface area contributed by atoms with E-state index in [0.29, 0.717) is 17.2 Å². The first kappa shape index (κ1) is 14.4. The maximum absolute atomic E-state index is 12.2. The van der Waals surface area contributed by atoms with Crippen molar-refractivity contribution in [3.05, 3.63) is 29.8 Å². The number of rotatable bonds is 5. The molecule has 1 unspecified atom stereocenters. The first-order valence-corrected chi connectivity index (χ1v) is 6.82. The van der Waals surface area contributed by atoms with Crippen LogP contribution in [0.3, 0.4) is 0 Å². The van der Waals surface area contributed by atoms with Gasteiger partial charge in [-0.2, -0.15) is 0 Å². The van der Waals surface area contributed by atoms with Gasteiger partial charge in [0.05, 0.1) is 6.42 Å². The molecule has 0 aromatic heterocycles. The Morgan fingerprint density at radius 2 is 2.05 bits per heavy atom. The second-order valence-electron chi connectivity index (χ2n) is 5.35. The van der Waals surface area contributed by atoms with E-state index in [1.807, 2.05) is 6.92 Å². The van der Waals surface area contributed by atoms with E-state index in [4.69, 9.17) is 5.11 Å². The van der Waals surface area contributed by atoms with E-state index < -0.39 is 5.97 Å². The highest BCUT2D eigenvalue weighted by Crippen LogP contribution is 2.34. The minimum atomic E-state index is -0.911. The standard InChI is InChI=1S/C15H20N2O3/c1-10(11-7-8-11)17(2)15(20)16-13-6-4-3-5-12(13)9-14(18)19/h3-6,10-11H,7-9H2,1-2H3,(H,16,20)(H,18,19). The van der Waals surface area contributed by atoms with Gasteiger partial charge < -0.3 is 15.3 Å². The maximum Gasteiger partial charge on any atom is 0.321 e. The second-order valence-corrected chi connectivity index (χ2v) is 5.35. The van der Waals surface area contributed by atoms with E-state index in [2.05, 4.69) is 5.32 Å². The highest BCUT2D eigenvalue weighted by atomic mass is 16.4. The summed E-state index contributed by atoms with van der Waals surface area (Å²) in [4.78, 5) is 24.7. The predicted molar refractivity (Wildman–Crippen MR) is 76.7 cm³/mol. The van der Waals surface area contributed by atoms with E-state index in [-0.39, 0.29) is 18.5 Å². The van der Waals surface area contributed by atoms with Crippen molar-refractivity contribution in [1.29, 1.82) is 0 Å². The molecule has 1 aliphatic carbocycles. The average molecular weight is 276 g/mol. The van der Waals surface area contributed by atoms with Crippen LogP contribution < -0.4 is 5.32 Å². The molecule has 0 aliphatic heterocycles. The minimum absolute atomic E-state index is 0.0989. The highest BCUT2D eigenvalue weighted by Gasteiger charge is 2.32. The van der Waals surface area contributed by atoms with Gasteiger partial charge in [0.15, 0.2) is 0 Å². The molecule has 1 aromatic rings. The Morgan fingerprint density at radius 1 is 1.40 bits per heavy atom. The Hall–Kier alpha value is -2.04. The fourth-order valence-electron chi connectivity index (χ4n) is 2.24. The molecule has 1 aromatic carbocycles. The summed E-state index contributed by atoms with van der Waals surface area (Å²) in [7, 11) is 1.78. The van der Waals surface area contributed by atoms with Crippen LogP contribution in [0.1, 0.15) is 25.3 Å². The zero-order valence-electron chi connectivity index (χ0n) is 11.8. The summed E-state index contributed by atoms with van der Waals surface area (Å²) in [5, 5.41) is 11.7. The van der Waals surface area contributed by atoms with Gasteiger partial charge in [-0.05, 0) is 37.3 Å². The van der Waals surface area contributed by atoms with Crippen molar-refractivity contribution in [3.8, 4) is 0 Å². The Morgan fingerprint density at radius 3 is 2.65 bits per heavy atom. The normalized spacial score (nSPS) is 15.5. The van der Waals surface area contributed by atoms with Crippen LogP contribution >= 0.6 is 0 Å². The molecule has 20 heavy (non-hydrogen) atoms. The van der Waals surface area contributed by atoms with Crippen LogP contribution in [0, 0.1) is 5.92 Å². The lowest BCUT2D eigenvalue weighted by Gasteiger charge is -2.25. The predicted octanol–water partition coefficient (Wildman–Crippen LogP) is 2.58. The molecule has 0 heterocycles. The lowest BCUT2D eigenvalue weighted by atomic mass is 10.1. The highest BCUT2D eigenvalue weighted by molar-refractivity contribution is 5.91. The summed E-state index contributed by atoms with van der Waals surface area (Å²) in [5.74, 6) is -0.314. The molecule has 1 saturated carbocycles. The van der Waals surface area contributed by atoms with E-state index >= 15 is 0 Å². The molecule has 0 radical (unpaired) electrons. The molecule has 2 N–H and O–H groups in total. The van der Waals surface area contributed by atoms with Gasteiger partial charge in [0.1, 0.15) is 0 Å². The third kappa shape index (κ3) is 3.50. The number of nitrogens with one attached hydrogen (secondary N) is 1. The number of carboxylic acids is 1. The molecular weight excluding hydrogens is 256 g/mol. The number of para-hydroxylation sites is 1. The van der Waals surface area contributed by atoms with Crippen molar-refractivity contribution in [2.45, 2.75) is 32.2 Å². The van der Waals surface area contributed by atoms with Gasteiger partial charge >= 0.3 is 12.0 Å². The summed E-state index contributed by atoms with van der Waals surface area (Å²) in [5.41, 5.74) is 1.18. The maximum atomic E-state index is 12.2. The summed E-state index contributed by atoms with van der Waals surface area (Å²) in [6.07, 6.45) is 2.25. The van der Waals surface area contributed by atoms with Crippen molar-refractivity contribution in [3.63, 3.8) is 0 Å². The summed E-state index contributed by atoms with van der Waals surface area (Å²) in [6, 6.07) is 7.01. The number of hydrogen-bond acceptors (Lipinski definition) is 2. The van der Waals surface area contributed by atoms with Crippen molar-refractivity contribution >= 4 is 17.7 Å². The third-order valence-electron chi connectivity index (χ3n) is 3.84. The zero-order chi connectivity index (χ0) is 14.7. The monoisotopic (exact) mass is 276 g/mol. The van der Waals surface area contributed by atoms with Crippen molar-refractivity contribution in [2.75, 3.05) is 12.4 Å². The molecule has 1 fully saturated rings. The summed E-state index contributed by atoms with van der Waals surface area (Å²) in [6.45, 7) is 2.04. The number of benzene rings is 1. The van der Waals surface area contributed by atoms with Crippen LogP contribution in [0.5, 0.6) is 0 Å². The Labute approximate surface area is 118 Å². The van der Waals surface area contributed by atoms with E-state index in [1.54, 1.807) is 36.2 Å². The number of hydrogen-bond donors (Lipinski definition) is 2. The van der Waals surface area contributed by atoms with Gasteiger partial charge in [-0.3, -0.25) is 4.79 Å². The van der Waals surface area contributed by atoms with Gasteiger partial charge in [-0.1, -0.05) is 18.2 Å². The largest absolute Gasteiger partial charge is 0.481 e. The van der Waals surface area contributed by atoms with Crippen molar-refractivity contribution in [1.82, 2.24) is 4.90 Å². The van der Waals surface area contributed by atoms with Gasteiger partial charge in [0, 0.05) is 18.8 Å². The van der Waals surface area contributed by atoms with Crippen molar-refractivity contribution in [2.24, 2.45) is 5.92 Å². The smallest absolute Gasteiger partial charge is 0.321 e. The third-order valence-corrected chi connectivity index (χ3v) is 3.84. The fraction of sp³-hybridized carbons (Fsp3) is 0.467. The Kier molecular flexibility index (Phi) is 4.27. The van der Waals surface area contributed by atoms with Crippen LogP contribution in [0.15, 0.2) is 24.3 Å². The molecule has 2 rings (SSSR count). The summed E-state index contributed by atoms with van der Waals surface area (Å²) >= 11 is 0. The lowest BCUT2D eigenvalue weighted by Crippen LogP contribution is -2.39. The molecule has 0 saturated heterocycles. The van der Waals surface area contributed by atoms with E-state index in [1.165, 1.54) is 12.8 Å². The number of nitrogens with zero attached hydrogens (tertiary/aromatic N) is 1. The van der Waals surface area contributed by atoms with Gasteiger partial charge in [-0.15, -0.1) is 0 Å². The molecule has 1 atom stereocenters. The molecule has 2 amide bonds. The zero-order valence-corrected chi connectivity index (χ0v) is 11.8.